The predicted octanol–water partition coefficient (Wildman–Crippen LogP) is 15.1. The van der Waals surface area contributed by atoms with Gasteiger partial charge in [0.25, 0.3) is 0 Å². The lowest BCUT2D eigenvalue weighted by Crippen LogP contribution is -2.01. The minimum absolute atomic E-state index is 1.15. The van der Waals surface area contributed by atoms with E-state index in [-0.39, 0.29) is 0 Å². The highest BCUT2D eigenvalue weighted by atomic mass is 15.0. The number of nitrogens with zero attached hydrogens (tertiary/aromatic N) is 4. The van der Waals surface area contributed by atoms with Gasteiger partial charge in [-0.2, -0.15) is 0 Å². The summed E-state index contributed by atoms with van der Waals surface area (Å²) in [5.74, 6) is 0. The summed E-state index contributed by atoms with van der Waals surface area (Å²) in [5, 5.41) is 4.97. The van der Waals surface area contributed by atoms with Gasteiger partial charge in [0.2, 0.25) is 0 Å². The van der Waals surface area contributed by atoms with Crippen molar-refractivity contribution in [3.05, 3.63) is 205 Å². The molecular formula is C56H48N4. The Hall–Kier alpha value is -7.30. The van der Waals surface area contributed by atoms with Crippen LogP contribution in [0.4, 0.5) is 0 Å². The van der Waals surface area contributed by atoms with Crippen molar-refractivity contribution in [2.45, 2.75) is 41.5 Å². The van der Waals surface area contributed by atoms with Gasteiger partial charge in [-0.15, -0.1) is 0 Å². The molecule has 0 atom stereocenters. The van der Waals surface area contributed by atoms with E-state index >= 15 is 0 Å². The van der Waals surface area contributed by atoms with Crippen LogP contribution >= 0.6 is 0 Å². The van der Waals surface area contributed by atoms with E-state index in [1.54, 1.807) is 0 Å². The van der Waals surface area contributed by atoms with Crippen molar-refractivity contribution >= 4 is 43.6 Å². The van der Waals surface area contributed by atoms with Gasteiger partial charge in [-0.3, -0.25) is 0 Å². The van der Waals surface area contributed by atoms with Crippen molar-refractivity contribution in [1.29, 1.82) is 0 Å². The van der Waals surface area contributed by atoms with Crippen LogP contribution < -0.4 is 0 Å². The lowest BCUT2D eigenvalue weighted by molar-refractivity contribution is 1.02. The molecule has 292 valence electrons. The molecule has 60 heavy (non-hydrogen) atoms. The standard InChI is InChI=1S/C54H42N4.C2H6/c1-35-28-43-24-26-51-49(30-37(3)55(51)45-20-11-18-41(32-45)39-14-7-5-8-15-39)53(43)57(35)47-22-13-23-48(34-47)58-36(2)29-44-25-27-52-50(54(44)58)31-38(4)56(52)46-21-12-19-42(33-46)40-16-9-6-10-17-40;1-2/h5-34H,1-4H3;1-2H3. The molecule has 4 heterocycles. The molecule has 11 rings (SSSR count). The molecule has 4 aromatic heterocycles. The summed E-state index contributed by atoms with van der Waals surface area (Å²) in [6, 6.07) is 66.6. The van der Waals surface area contributed by atoms with Crippen molar-refractivity contribution in [3.63, 3.8) is 0 Å². The van der Waals surface area contributed by atoms with Crippen LogP contribution in [0, 0.1) is 27.7 Å². The van der Waals surface area contributed by atoms with E-state index in [1.807, 2.05) is 13.8 Å². The third-order valence-corrected chi connectivity index (χ3v) is 12.0. The lowest BCUT2D eigenvalue weighted by Gasteiger charge is -2.15. The zero-order valence-electron chi connectivity index (χ0n) is 35.1. The van der Waals surface area contributed by atoms with Crippen molar-refractivity contribution < 1.29 is 0 Å². The molecule has 0 fully saturated rings. The molecule has 0 unspecified atom stereocenters. The second-order valence-corrected chi connectivity index (χ2v) is 15.7. The van der Waals surface area contributed by atoms with Crippen molar-refractivity contribution in [3.8, 4) is 45.0 Å². The Kier molecular flexibility index (Phi) is 9.14. The predicted molar refractivity (Wildman–Crippen MR) is 255 cm³/mol. The molecule has 4 nitrogen and oxygen atoms in total. The van der Waals surface area contributed by atoms with Gasteiger partial charge < -0.3 is 18.3 Å². The lowest BCUT2D eigenvalue weighted by atomic mass is 10.1. The van der Waals surface area contributed by atoms with Crippen LogP contribution in [0.5, 0.6) is 0 Å². The van der Waals surface area contributed by atoms with E-state index in [1.165, 1.54) is 100 Å². The third-order valence-electron chi connectivity index (χ3n) is 12.0. The molecule has 0 spiro atoms. The fourth-order valence-electron chi connectivity index (χ4n) is 9.53. The quantitative estimate of drug-likeness (QED) is 0.160. The number of hydrogen-bond acceptors (Lipinski definition) is 0. The normalized spacial score (nSPS) is 11.5. The highest BCUT2D eigenvalue weighted by Gasteiger charge is 2.19. The van der Waals surface area contributed by atoms with Gasteiger partial charge in [0.15, 0.2) is 0 Å². The Labute approximate surface area is 351 Å². The fourth-order valence-corrected chi connectivity index (χ4v) is 9.53. The number of aryl methyl sites for hydroxylation is 4. The zero-order chi connectivity index (χ0) is 41.1. The molecule has 0 amide bonds. The van der Waals surface area contributed by atoms with E-state index in [9.17, 15) is 0 Å². The van der Waals surface area contributed by atoms with Crippen molar-refractivity contribution in [1.82, 2.24) is 18.3 Å². The first-order valence-corrected chi connectivity index (χ1v) is 21.1. The summed E-state index contributed by atoms with van der Waals surface area (Å²) >= 11 is 0. The number of benzene rings is 7. The second-order valence-electron chi connectivity index (χ2n) is 15.7. The monoisotopic (exact) mass is 776 g/mol. The van der Waals surface area contributed by atoms with E-state index < -0.39 is 0 Å². The zero-order valence-corrected chi connectivity index (χ0v) is 35.1. The number of fused-ring (bicyclic) bond motifs is 6. The van der Waals surface area contributed by atoms with Crippen molar-refractivity contribution in [2.75, 3.05) is 0 Å². The summed E-state index contributed by atoms with van der Waals surface area (Å²) in [6.45, 7) is 12.9. The Morgan fingerprint density at radius 3 is 1.05 bits per heavy atom. The van der Waals surface area contributed by atoms with Gasteiger partial charge in [0.05, 0.1) is 22.1 Å². The van der Waals surface area contributed by atoms with E-state index in [2.05, 4.69) is 228 Å². The van der Waals surface area contributed by atoms with Gasteiger partial charge >= 0.3 is 0 Å². The molecular weight excluding hydrogens is 729 g/mol. The first kappa shape index (κ1) is 37.0. The minimum Gasteiger partial charge on any atom is -0.314 e. The average molecular weight is 777 g/mol. The van der Waals surface area contributed by atoms with E-state index in [0.29, 0.717) is 0 Å². The fraction of sp³-hybridized carbons (Fsp3) is 0.107. The van der Waals surface area contributed by atoms with Gasteiger partial charge in [0.1, 0.15) is 0 Å². The number of hydrogen-bond donors (Lipinski definition) is 0. The Morgan fingerprint density at radius 2 is 0.633 bits per heavy atom. The summed E-state index contributed by atoms with van der Waals surface area (Å²) in [6.07, 6.45) is 0. The molecule has 7 aromatic carbocycles. The van der Waals surface area contributed by atoms with Crippen LogP contribution in [0.15, 0.2) is 182 Å². The number of rotatable bonds is 6. The Morgan fingerprint density at radius 1 is 0.283 bits per heavy atom. The van der Waals surface area contributed by atoms with Crippen LogP contribution in [-0.2, 0) is 0 Å². The van der Waals surface area contributed by atoms with Gasteiger partial charge in [-0.1, -0.05) is 117 Å². The van der Waals surface area contributed by atoms with Crippen LogP contribution in [0.2, 0.25) is 0 Å². The maximum Gasteiger partial charge on any atom is 0.0625 e. The third kappa shape index (κ3) is 5.98. The summed E-state index contributed by atoms with van der Waals surface area (Å²) in [7, 11) is 0. The largest absolute Gasteiger partial charge is 0.314 e. The highest BCUT2D eigenvalue weighted by Crippen LogP contribution is 2.38. The smallest absolute Gasteiger partial charge is 0.0625 e. The molecule has 0 radical (unpaired) electrons. The summed E-state index contributed by atoms with van der Waals surface area (Å²) in [5.41, 5.74) is 19.2. The molecule has 0 N–H and O–H groups in total. The Balaban J connectivity index is 0.00000213. The molecule has 0 aliphatic carbocycles. The SMILES string of the molecule is CC.Cc1cc2c(ccc3cc(C)n(-c4cccc(-n5c(C)cc6ccc7c(cc(C)n7-c7cccc(-c8ccccc8)c7)c65)c4)c32)n1-c1cccc(-c2ccccc2)c1. The van der Waals surface area contributed by atoms with Crippen LogP contribution in [0.1, 0.15) is 36.6 Å². The first-order chi connectivity index (χ1) is 29.4. The molecule has 11 aromatic rings. The second kappa shape index (κ2) is 14.8. The van der Waals surface area contributed by atoms with Crippen LogP contribution in [0.25, 0.3) is 88.6 Å². The number of aromatic nitrogens is 4. The maximum atomic E-state index is 2.45. The molecule has 0 aliphatic heterocycles. The summed E-state index contributed by atoms with van der Waals surface area (Å²) in [4.78, 5) is 0. The molecule has 0 aliphatic rings. The molecule has 4 heteroatoms. The van der Waals surface area contributed by atoms with Gasteiger partial charge in [-0.05, 0) is 129 Å². The highest BCUT2D eigenvalue weighted by molar-refractivity contribution is 6.08. The van der Waals surface area contributed by atoms with E-state index in [0.717, 1.165) is 11.4 Å². The molecule has 0 bridgehead atoms. The van der Waals surface area contributed by atoms with Crippen LogP contribution in [-0.4, -0.2) is 18.3 Å². The van der Waals surface area contributed by atoms with Crippen LogP contribution in [0.3, 0.4) is 0 Å². The molecule has 0 saturated carbocycles. The van der Waals surface area contributed by atoms with Gasteiger partial charge in [0, 0.05) is 67.1 Å². The average Bonchev–Trinajstić information content (AvgIpc) is 4.03. The van der Waals surface area contributed by atoms with Gasteiger partial charge in [-0.25, -0.2) is 0 Å². The minimum atomic E-state index is 1.15. The Bertz CT molecular complexity index is 3150. The van der Waals surface area contributed by atoms with E-state index in [4.69, 9.17) is 0 Å². The molecule has 0 saturated heterocycles. The van der Waals surface area contributed by atoms with Crippen molar-refractivity contribution in [2.24, 2.45) is 0 Å². The first-order valence-electron chi connectivity index (χ1n) is 21.1. The maximum absolute atomic E-state index is 2.45. The topological polar surface area (TPSA) is 19.7 Å². The summed E-state index contributed by atoms with van der Waals surface area (Å²) < 4.78 is 9.69.